The topological polar surface area (TPSA) is 66.5 Å². The van der Waals surface area contributed by atoms with Crippen LogP contribution in [0.2, 0.25) is 10.0 Å². The van der Waals surface area contributed by atoms with Gasteiger partial charge in [0.2, 0.25) is 15.9 Å². The van der Waals surface area contributed by atoms with Gasteiger partial charge in [0.15, 0.2) is 0 Å². The average molecular weight is 497 g/mol. The highest BCUT2D eigenvalue weighted by molar-refractivity contribution is 7.89. The van der Waals surface area contributed by atoms with Gasteiger partial charge in [0.05, 0.1) is 4.90 Å². The van der Waals surface area contributed by atoms with Crippen LogP contribution >= 0.6 is 23.2 Å². The van der Waals surface area contributed by atoms with Crippen LogP contribution in [0.3, 0.4) is 0 Å². The van der Waals surface area contributed by atoms with Crippen LogP contribution in [0.5, 0.6) is 0 Å². The lowest BCUT2D eigenvalue weighted by molar-refractivity contribution is -0.137. The smallest absolute Gasteiger partial charge is 0.241 e. The van der Waals surface area contributed by atoms with Crippen molar-refractivity contribution in [2.45, 2.75) is 51.0 Å². The zero-order valence-corrected chi connectivity index (χ0v) is 21.1. The van der Waals surface area contributed by atoms with Crippen molar-refractivity contribution in [3.8, 4) is 0 Å². The number of carbonyl (C=O) groups is 1. The van der Waals surface area contributed by atoms with Crippen molar-refractivity contribution in [2.24, 2.45) is 11.3 Å². The highest BCUT2D eigenvalue weighted by atomic mass is 35.5. The van der Waals surface area contributed by atoms with Gasteiger partial charge < -0.3 is 4.90 Å². The summed E-state index contributed by atoms with van der Waals surface area (Å²) in [5, 5.41) is 1.15. The lowest BCUT2D eigenvalue weighted by atomic mass is 9.70. The van der Waals surface area contributed by atoms with E-state index in [1.807, 2.05) is 38.1 Å². The van der Waals surface area contributed by atoms with Crippen LogP contribution in [-0.2, 0) is 14.8 Å². The van der Waals surface area contributed by atoms with Gasteiger partial charge in [0.1, 0.15) is 6.04 Å². The standard InChI is InChI=1S/C24H30Cl2N2O3S/c1-16(2)22(27-32(30,31)20-11-9-19(26)10-12-20)23(29)28-14-13-21(24(3,4)15-28)17-5-7-18(25)8-6-17/h5-12,16,21-22,27H,13-15H2,1-4H3/t21-,22-/m1/s1. The molecular weight excluding hydrogens is 467 g/mol. The minimum Gasteiger partial charge on any atom is -0.341 e. The molecule has 0 aliphatic carbocycles. The first-order valence-corrected chi connectivity index (χ1v) is 13.0. The number of hydrogen-bond donors (Lipinski definition) is 1. The van der Waals surface area contributed by atoms with Crippen molar-refractivity contribution in [2.75, 3.05) is 13.1 Å². The maximum atomic E-state index is 13.4. The number of likely N-dealkylation sites (tertiary alicyclic amines) is 1. The maximum absolute atomic E-state index is 13.4. The zero-order chi connectivity index (χ0) is 23.7. The van der Waals surface area contributed by atoms with Crippen LogP contribution in [-0.4, -0.2) is 38.4 Å². The Kier molecular flexibility index (Phi) is 7.60. The van der Waals surface area contributed by atoms with E-state index < -0.39 is 16.1 Å². The fourth-order valence-electron chi connectivity index (χ4n) is 4.38. The molecule has 0 unspecified atom stereocenters. The van der Waals surface area contributed by atoms with Crippen LogP contribution in [0.15, 0.2) is 53.4 Å². The molecule has 0 radical (unpaired) electrons. The number of hydrogen-bond acceptors (Lipinski definition) is 3. The van der Waals surface area contributed by atoms with E-state index in [2.05, 4.69) is 18.6 Å². The third-order valence-electron chi connectivity index (χ3n) is 6.15. The van der Waals surface area contributed by atoms with E-state index in [0.717, 1.165) is 6.42 Å². The van der Waals surface area contributed by atoms with E-state index in [1.165, 1.54) is 29.8 Å². The summed E-state index contributed by atoms with van der Waals surface area (Å²) in [7, 11) is -3.86. The van der Waals surface area contributed by atoms with E-state index >= 15 is 0 Å². The molecule has 0 spiro atoms. The predicted molar refractivity (Wildman–Crippen MR) is 130 cm³/mol. The summed E-state index contributed by atoms with van der Waals surface area (Å²) >= 11 is 11.9. The molecule has 1 aliphatic heterocycles. The van der Waals surface area contributed by atoms with Crippen LogP contribution in [0.1, 0.15) is 45.6 Å². The molecule has 3 rings (SSSR count). The normalized spacial score (nSPS) is 19.7. The van der Waals surface area contributed by atoms with Crippen molar-refractivity contribution in [3.05, 3.63) is 64.1 Å². The van der Waals surface area contributed by atoms with Gasteiger partial charge in [-0.25, -0.2) is 8.42 Å². The minimum atomic E-state index is -3.86. The number of nitrogens with one attached hydrogen (secondary N) is 1. The van der Waals surface area contributed by atoms with E-state index in [9.17, 15) is 13.2 Å². The Morgan fingerprint density at radius 1 is 1.03 bits per heavy atom. The Balaban J connectivity index is 1.77. The fourth-order valence-corrected chi connectivity index (χ4v) is 5.96. The molecule has 1 N–H and O–H groups in total. The molecule has 1 fully saturated rings. The van der Waals surface area contributed by atoms with Crippen LogP contribution in [0, 0.1) is 11.3 Å². The molecular formula is C24H30Cl2N2O3S. The predicted octanol–water partition coefficient (Wildman–Crippen LogP) is 5.34. The van der Waals surface area contributed by atoms with Crippen molar-refractivity contribution in [1.29, 1.82) is 0 Å². The molecule has 32 heavy (non-hydrogen) atoms. The van der Waals surface area contributed by atoms with Crippen molar-refractivity contribution < 1.29 is 13.2 Å². The highest BCUT2D eigenvalue weighted by Crippen LogP contribution is 2.42. The number of amides is 1. The Bertz CT molecular complexity index is 1050. The molecule has 2 aromatic rings. The second-order valence-electron chi connectivity index (χ2n) is 9.44. The second-order valence-corrected chi connectivity index (χ2v) is 12.0. The molecule has 1 saturated heterocycles. The van der Waals surface area contributed by atoms with Crippen LogP contribution < -0.4 is 4.72 Å². The number of nitrogens with zero attached hydrogens (tertiary/aromatic N) is 1. The summed E-state index contributed by atoms with van der Waals surface area (Å²) in [5.74, 6) is -0.117. The number of carbonyl (C=O) groups excluding carboxylic acids is 1. The van der Waals surface area contributed by atoms with Gasteiger partial charge in [-0.2, -0.15) is 4.72 Å². The Morgan fingerprint density at radius 2 is 1.56 bits per heavy atom. The number of rotatable bonds is 6. The molecule has 0 aromatic heterocycles. The summed E-state index contributed by atoms with van der Waals surface area (Å²) in [6.07, 6.45) is 0.801. The monoisotopic (exact) mass is 496 g/mol. The van der Waals surface area contributed by atoms with Gasteiger partial charge in [-0.3, -0.25) is 4.79 Å². The van der Waals surface area contributed by atoms with Crippen molar-refractivity contribution in [3.63, 3.8) is 0 Å². The van der Waals surface area contributed by atoms with E-state index in [0.29, 0.717) is 23.1 Å². The number of halogens is 2. The molecule has 8 heteroatoms. The lowest BCUT2D eigenvalue weighted by Gasteiger charge is -2.45. The first-order chi connectivity index (χ1) is 14.9. The van der Waals surface area contributed by atoms with Gasteiger partial charge in [-0.05, 0) is 65.6 Å². The molecule has 174 valence electrons. The summed E-state index contributed by atoms with van der Waals surface area (Å²) in [6.45, 7) is 9.10. The van der Waals surface area contributed by atoms with E-state index in [-0.39, 0.29) is 28.1 Å². The molecule has 0 bridgehead atoms. The second kappa shape index (κ2) is 9.72. The van der Waals surface area contributed by atoms with Gasteiger partial charge >= 0.3 is 0 Å². The Hall–Kier alpha value is -1.60. The Morgan fingerprint density at radius 3 is 2.06 bits per heavy atom. The lowest BCUT2D eigenvalue weighted by Crippen LogP contribution is -2.55. The summed E-state index contributed by atoms with van der Waals surface area (Å²) < 4.78 is 28.4. The van der Waals surface area contributed by atoms with Crippen molar-refractivity contribution >= 4 is 39.1 Å². The Labute approximate surface area is 201 Å². The van der Waals surface area contributed by atoms with Gasteiger partial charge in [0.25, 0.3) is 0 Å². The highest BCUT2D eigenvalue weighted by Gasteiger charge is 2.41. The van der Waals surface area contributed by atoms with Gasteiger partial charge in [0, 0.05) is 23.1 Å². The molecule has 2 atom stereocenters. The van der Waals surface area contributed by atoms with Crippen LogP contribution in [0.4, 0.5) is 0 Å². The SMILES string of the molecule is CC(C)[C@@H](NS(=O)(=O)c1ccc(Cl)cc1)C(=O)N1CC[C@H](c2ccc(Cl)cc2)C(C)(C)C1. The third kappa shape index (κ3) is 5.66. The molecule has 1 aliphatic rings. The van der Waals surface area contributed by atoms with E-state index in [1.54, 1.807) is 4.90 Å². The molecule has 1 heterocycles. The summed E-state index contributed by atoms with van der Waals surface area (Å²) in [5.41, 5.74) is 1.04. The molecule has 1 amide bonds. The summed E-state index contributed by atoms with van der Waals surface area (Å²) in [6, 6.07) is 12.9. The quantitative estimate of drug-likeness (QED) is 0.586. The largest absolute Gasteiger partial charge is 0.341 e. The average Bonchev–Trinajstić information content (AvgIpc) is 2.72. The van der Waals surface area contributed by atoms with Gasteiger partial charge in [-0.1, -0.05) is 63.0 Å². The molecule has 2 aromatic carbocycles. The molecule has 5 nitrogen and oxygen atoms in total. The number of benzene rings is 2. The zero-order valence-electron chi connectivity index (χ0n) is 18.8. The van der Waals surface area contributed by atoms with Gasteiger partial charge in [-0.15, -0.1) is 0 Å². The molecule has 0 saturated carbocycles. The first kappa shape index (κ1) is 25.0. The van der Waals surface area contributed by atoms with Crippen molar-refractivity contribution in [1.82, 2.24) is 9.62 Å². The maximum Gasteiger partial charge on any atom is 0.241 e. The summed E-state index contributed by atoms with van der Waals surface area (Å²) in [4.78, 5) is 15.3. The van der Waals surface area contributed by atoms with Crippen LogP contribution in [0.25, 0.3) is 0 Å². The third-order valence-corrected chi connectivity index (χ3v) is 8.11. The minimum absolute atomic E-state index is 0.0853. The van der Waals surface area contributed by atoms with E-state index in [4.69, 9.17) is 23.2 Å². The number of sulfonamides is 1. The first-order valence-electron chi connectivity index (χ1n) is 10.7. The fraction of sp³-hybridized carbons (Fsp3) is 0.458. The number of piperidine rings is 1.